The Morgan fingerprint density at radius 2 is 1.49 bits per heavy atom. The lowest BCUT2D eigenvalue weighted by Gasteiger charge is -2.28. The molecule has 190 valence electrons. The Morgan fingerprint density at radius 3 is 2.23 bits per heavy atom. The Balaban J connectivity index is 0.000000160. The van der Waals surface area contributed by atoms with Crippen LogP contribution in [0.1, 0.15) is 127 Å². The second-order valence-electron chi connectivity index (χ2n) is 12.9. The zero-order valence-corrected chi connectivity index (χ0v) is 22.2. The van der Waals surface area contributed by atoms with Gasteiger partial charge in [-0.3, -0.25) is 9.97 Å². The molecule has 3 heteroatoms. The largest absolute Gasteiger partial charge is 0.342 e. The summed E-state index contributed by atoms with van der Waals surface area (Å²) in [5.41, 5.74) is 9.37. The molecule has 0 N–H and O–H groups in total. The van der Waals surface area contributed by atoms with Gasteiger partial charge < -0.3 is 4.57 Å². The van der Waals surface area contributed by atoms with Crippen LogP contribution in [-0.4, -0.2) is 14.5 Å². The Bertz CT molecular complexity index is 1170. The molecule has 0 bridgehead atoms. The van der Waals surface area contributed by atoms with Crippen LogP contribution in [0, 0.1) is 5.41 Å². The standard InChI is InChI=1S/C16H23N.C15H20N2.CH4/c1-16(2,3)13-10-11-6-4-5-7-14-15(11)12(13)8-9-17-14;1-15(2,3)17-10-11-6-4-5-7-12-14(11)13(17)8-9-16-12;/h8-9,11,13H,4-7,10H2,1-3H3;8-10H,4-7H2,1-3H3;1H4. The minimum atomic E-state index is 0. The average Bonchev–Trinajstić information content (AvgIpc) is 3.18. The van der Waals surface area contributed by atoms with Crippen LogP contribution in [0.5, 0.6) is 0 Å². The third-order valence-electron chi connectivity index (χ3n) is 8.38. The molecular formula is C32H47N3. The van der Waals surface area contributed by atoms with Crippen molar-refractivity contribution >= 4 is 10.9 Å². The number of hydrogen-bond acceptors (Lipinski definition) is 2. The van der Waals surface area contributed by atoms with E-state index in [1.807, 2.05) is 12.4 Å². The van der Waals surface area contributed by atoms with Crippen LogP contribution in [-0.2, 0) is 24.8 Å². The van der Waals surface area contributed by atoms with E-state index in [2.05, 4.69) is 74.4 Å². The lowest BCUT2D eigenvalue weighted by Crippen LogP contribution is -2.20. The topological polar surface area (TPSA) is 30.7 Å². The van der Waals surface area contributed by atoms with Gasteiger partial charge in [0, 0.05) is 40.9 Å². The van der Waals surface area contributed by atoms with E-state index >= 15 is 0 Å². The van der Waals surface area contributed by atoms with E-state index in [1.165, 1.54) is 79.2 Å². The van der Waals surface area contributed by atoms with Gasteiger partial charge in [0.2, 0.25) is 0 Å². The lowest BCUT2D eigenvalue weighted by molar-refractivity contribution is 0.305. The highest BCUT2D eigenvalue weighted by atomic mass is 15.0. The number of hydrogen-bond donors (Lipinski definition) is 0. The van der Waals surface area contributed by atoms with Gasteiger partial charge in [0.15, 0.2) is 0 Å². The molecule has 0 saturated carbocycles. The van der Waals surface area contributed by atoms with E-state index < -0.39 is 0 Å². The van der Waals surface area contributed by atoms with Gasteiger partial charge in [0.05, 0.1) is 5.52 Å². The summed E-state index contributed by atoms with van der Waals surface area (Å²) in [7, 11) is 0. The molecule has 0 saturated heterocycles. The van der Waals surface area contributed by atoms with Crippen molar-refractivity contribution in [2.45, 2.75) is 124 Å². The number of rotatable bonds is 0. The maximum Gasteiger partial charge on any atom is 0.0522 e. The van der Waals surface area contributed by atoms with Crippen LogP contribution in [0.2, 0.25) is 0 Å². The third kappa shape index (κ3) is 4.93. The molecule has 35 heavy (non-hydrogen) atoms. The van der Waals surface area contributed by atoms with Crippen molar-refractivity contribution < 1.29 is 0 Å². The fraction of sp³-hybridized carbons (Fsp3) is 0.625. The normalized spacial score (nSPS) is 21.3. The summed E-state index contributed by atoms with van der Waals surface area (Å²) in [5.74, 6) is 1.54. The summed E-state index contributed by atoms with van der Waals surface area (Å²) >= 11 is 0. The highest BCUT2D eigenvalue weighted by Crippen LogP contribution is 2.53. The smallest absolute Gasteiger partial charge is 0.0522 e. The number of pyridine rings is 2. The van der Waals surface area contributed by atoms with Crippen LogP contribution in [0.15, 0.2) is 30.7 Å². The van der Waals surface area contributed by atoms with Crippen LogP contribution in [0.3, 0.4) is 0 Å². The molecule has 3 nitrogen and oxygen atoms in total. The van der Waals surface area contributed by atoms with Gasteiger partial charge in [-0.1, -0.05) is 34.6 Å². The molecule has 0 aromatic carbocycles. The van der Waals surface area contributed by atoms with Gasteiger partial charge >= 0.3 is 0 Å². The van der Waals surface area contributed by atoms with Crippen molar-refractivity contribution in [2.75, 3.05) is 0 Å². The fourth-order valence-electron chi connectivity index (χ4n) is 6.68. The Labute approximate surface area is 213 Å². The van der Waals surface area contributed by atoms with Gasteiger partial charge in [-0.2, -0.15) is 0 Å². The van der Waals surface area contributed by atoms with Crippen molar-refractivity contribution in [3.63, 3.8) is 0 Å². The first-order valence-corrected chi connectivity index (χ1v) is 13.6. The second-order valence-corrected chi connectivity index (χ2v) is 12.9. The average molecular weight is 474 g/mol. The van der Waals surface area contributed by atoms with E-state index in [-0.39, 0.29) is 13.0 Å². The molecule has 0 spiro atoms. The van der Waals surface area contributed by atoms with Crippen LogP contribution >= 0.6 is 0 Å². The first-order valence-electron chi connectivity index (χ1n) is 13.6. The highest BCUT2D eigenvalue weighted by molar-refractivity contribution is 5.86. The molecule has 2 unspecified atom stereocenters. The summed E-state index contributed by atoms with van der Waals surface area (Å²) in [6, 6.07) is 4.46. The quantitative estimate of drug-likeness (QED) is 0.327. The maximum absolute atomic E-state index is 4.65. The summed E-state index contributed by atoms with van der Waals surface area (Å²) < 4.78 is 2.41. The molecule has 3 aliphatic rings. The number of aryl methyl sites for hydroxylation is 3. The Hall–Kier alpha value is -2.16. The third-order valence-corrected chi connectivity index (χ3v) is 8.38. The molecule has 6 rings (SSSR count). The minimum Gasteiger partial charge on any atom is -0.342 e. The van der Waals surface area contributed by atoms with Crippen molar-refractivity contribution in [3.05, 3.63) is 58.8 Å². The molecule has 2 atom stereocenters. The van der Waals surface area contributed by atoms with Crippen molar-refractivity contribution in [1.82, 2.24) is 14.5 Å². The summed E-state index contributed by atoms with van der Waals surface area (Å²) in [6.07, 6.45) is 17.9. The van der Waals surface area contributed by atoms with Gasteiger partial charge in [-0.25, -0.2) is 0 Å². The molecule has 0 amide bonds. The zero-order chi connectivity index (χ0) is 24.1. The monoisotopic (exact) mass is 473 g/mol. The summed E-state index contributed by atoms with van der Waals surface area (Å²) in [6.45, 7) is 14.0. The van der Waals surface area contributed by atoms with Crippen molar-refractivity contribution in [3.8, 4) is 0 Å². The number of aromatic nitrogens is 3. The minimum absolute atomic E-state index is 0. The molecule has 0 fully saturated rings. The molecule has 3 heterocycles. The first-order chi connectivity index (χ1) is 16.1. The molecule has 3 aliphatic carbocycles. The number of nitrogens with zero attached hydrogens (tertiary/aromatic N) is 3. The Kier molecular flexibility index (Phi) is 7.19. The van der Waals surface area contributed by atoms with Crippen molar-refractivity contribution in [1.29, 1.82) is 0 Å². The predicted molar refractivity (Wildman–Crippen MR) is 149 cm³/mol. The van der Waals surface area contributed by atoms with Crippen LogP contribution in [0.25, 0.3) is 10.9 Å². The van der Waals surface area contributed by atoms with E-state index in [0.29, 0.717) is 5.41 Å². The molecule has 0 aliphatic heterocycles. The fourth-order valence-corrected chi connectivity index (χ4v) is 6.68. The van der Waals surface area contributed by atoms with Crippen LogP contribution in [0.4, 0.5) is 0 Å². The summed E-state index contributed by atoms with van der Waals surface area (Å²) in [4.78, 5) is 9.23. The molecule has 3 aromatic rings. The van der Waals surface area contributed by atoms with Crippen LogP contribution < -0.4 is 0 Å². The van der Waals surface area contributed by atoms with E-state index in [1.54, 1.807) is 11.1 Å². The van der Waals surface area contributed by atoms with Gasteiger partial charge in [0.1, 0.15) is 0 Å². The lowest BCUT2D eigenvalue weighted by atomic mass is 9.77. The molecule has 3 aromatic heterocycles. The SMILES string of the molecule is C.CC(C)(C)C1CC2CCCCc3nccc1c32.CC(C)(C)n1cc2c3c(nccc31)CCCC2. The Morgan fingerprint density at radius 1 is 0.829 bits per heavy atom. The van der Waals surface area contributed by atoms with Gasteiger partial charge in [-0.05, 0) is 118 Å². The highest BCUT2D eigenvalue weighted by Gasteiger charge is 2.39. The summed E-state index contributed by atoms with van der Waals surface area (Å²) in [5, 5.41) is 1.43. The first kappa shape index (κ1) is 25.9. The van der Waals surface area contributed by atoms with Gasteiger partial charge in [0.25, 0.3) is 0 Å². The molecule has 0 radical (unpaired) electrons. The van der Waals surface area contributed by atoms with Gasteiger partial charge in [-0.15, -0.1) is 0 Å². The second kappa shape index (κ2) is 9.71. The van der Waals surface area contributed by atoms with E-state index in [9.17, 15) is 0 Å². The van der Waals surface area contributed by atoms with E-state index in [4.69, 9.17) is 0 Å². The molecular weight excluding hydrogens is 426 g/mol. The van der Waals surface area contributed by atoms with E-state index in [0.717, 1.165) is 18.3 Å². The predicted octanol–water partition coefficient (Wildman–Crippen LogP) is 8.73. The van der Waals surface area contributed by atoms with Crippen molar-refractivity contribution in [2.24, 2.45) is 5.41 Å². The zero-order valence-electron chi connectivity index (χ0n) is 22.2. The maximum atomic E-state index is 4.65.